The van der Waals surface area contributed by atoms with Crippen molar-refractivity contribution in [1.82, 2.24) is 0 Å². The first kappa shape index (κ1) is 35.5. The molecular weight excluding hydrogens is 560 g/mol. The lowest BCUT2D eigenvalue weighted by atomic mass is 9.71. The molecule has 0 bridgehead atoms. The maximum Gasteiger partial charge on any atom is 0.347 e. The Morgan fingerprint density at radius 3 is 1.68 bits per heavy atom. The third-order valence-electron chi connectivity index (χ3n) is 8.82. The van der Waals surface area contributed by atoms with Crippen molar-refractivity contribution >= 4 is 23.1 Å². The Hall–Kier alpha value is -2.98. The molecule has 1 saturated heterocycles. The quantitative estimate of drug-likeness (QED) is 0.237. The van der Waals surface area contributed by atoms with Crippen LogP contribution in [-0.2, 0) is 29.4 Å². The van der Waals surface area contributed by atoms with Crippen molar-refractivity contribution in [2.45, 2.75) is 84.7 Å². The van der Waals surface area contributed by atoms with Gasteiger partial charge in [-0.2, -0.15) is 0 Å². The van der Waals surface area contributed by atoms with Crippen LogP contribution >= 0.6 is 0 Å². The number of hydrogen-bond acceptors (Lipinski definition) is 9. The lowest BCUT2D eigenvalue weighted by Gasteiger charge is -2.46. The number of carbonyl (C=O) groups excluding carboxylic acids is 2. The topological polar surface area (TPSA) is 109 Å². The Morgan fingerprint density at radius 1 is 0.841 bits per heavy atom. The minimum Gasteiger partial charge on any atom is -0.463 e. The minimum atomic E-state index is -2.76. The molecule has 9 heteroatoms. The number of benzene rings is 2. The Bertz CT molecular complexity index is 1110. The number of ether oxygens (including phenoxy) is 3. The summed E-state index contributed by atoms with van der Waals surface area (Å²) in [6, 6.07) is 14.2. The smallest absolute Gasteiger partial charge is 0.347 e. The third kappa shape index (κ3) is 7.45. The van der Waals surface area contributed by atoms with Gasteiger partial charge in [0.25, 0.3) is 5.60 Å². The van der Waals surface area contributed by atoms with Crippen molar-refractivity contribution < 1.29 is 34.0 Å². The van der Waals surface area contributed by atoms with Gasteiger partial charge in [0.1, 0.15) is 13.2 Å². The average molecular weight is 613 g/mol. The average Bonchev–Trinajstić information content (AvgIpc) is 3.06. The van der Waals surface area contributed by atoms with Crippen molar-refractivity contribution in [3.63, 3.8) is 0 Å². The van der Waals surface area contributed by atoms with Crippen LogP contribution in [0.5, 0.6) is 0 Å². The van der Waals surface area contributed by atoms with Gasteiger partial charge >= 0.3 is 5.97 Å². The van der Waals surface area contributed by atoms with Gasteiger partial charge in [-0.25, -0.2) is 4.79 Å². The summed E-state index contributed by atoms with van der Waals surface area (Å²) in [6.45, 7) is 14.9. The number of aliphatic hydroxyl groups is 2. The maximum atomic E-state index is 14.2. The number of nitrogens with zero attached hydrogens (tertiary/aromatic N) is 2. The summed E-state index contributed by atoms with van der Waals surface area (Å²) in [5, 5.41) is 25.5. The molecule has 2 aromatic carbocycles. The van der Waals surface area contributed by atoms with E-state index in [2.05, 4.69) is 44.4 Å². The van der Waals surface area contributed by atoms with Crippen molar-refractivity contribution in [3.8, 4) is 0 Å². The summed E-state index contributed by atoms with van der Waals surface area (Å²) in [6.07, 6.45) is 1.99. The van der Waals surface area contributed by atoms with Crippen LogP contribution in [0.15, 0.2) is 48.5 Å². The molecule has 2 aromatic rings. The molecule has 2 atom stereocenters. The first-order valence-corrected chi connectivity index (χ1v) is 16.2. The molecule has 0 aliphatic carbocycles. The third-order valence-corrected chi connectivity index (χ3v) is 8.82. The number of ketones is 1. The van der Waals surface area contributed by atoms with Crippen molar-refractivity contribution in [3.05, 3.63) is 59.7 Å². The highest BCUT2D eigenvalue weighted by Gasteiger charge is 2.65. The number of unbranched alkanes of at least 4 members (excludes halogenated alkanes) is 1. The van der Waals surface area contributed by atoms with E-state index in [1.165, 1.54) is 0 Å². The van der Waals surface area contributed by atoms with Gasteiger partial charge in [0.05, 0.1) is 6.61 Å². The zero-order valence-corrected chi connectivity index (χ0v) is 27.4. The molecule has 1 aliphatic rings. The van der Waals surface area contributed by atoms with Gasteiger partial charge < -0.3 is 34.2 Å². The normalized spacial score (nSPS) is 16.3. The van der Waals surface area contributed by atoms with E-state index in [0.29, 0.717) is 0 Å². The van der Waals surface area contributed by atoms with Gasteiger partial charge in [-0.05, 0) is 75.4 Å². The highest BCUT2D eigenvalue weighted by Crippen LogP contribution is 2.45. The zero-order chi connectivity index (χ0) is 32.3. The Balaban J connectivity index is 2.19. The highest BCUT2D eigenvalue weighted by atomic mass is 16.7. The Morgan fingerprint density at radius 2 is 1.30 bits per heavy atom. The number of rotatable bonds is 17. The van der Waals surface area contributed by atoms with E-state index in [1.807, 2.05) is 31.2 Å². The first-order valence-electron chi connectivity index (χ1n) is 16.2. The fourth-order valence-electron chi connectivity index (χ4n) is 5.90. The first-order chi connectivity index (χ1) is 21.1. The van der Waals surface area contributed by atoms with Gasteiger partial charge in [-0.3, -0.25) is 4.79 Å². The van der Waals surface area contributed by atoms with E-state index >= 15 is 0 Å². The number of esters is 1. The molecule has 2 N–H and O–H groups in total. The minimum absolute atomic E-state index is 0.0706. The molecule has 3 rings (SSSR count). The van der Waals surface area contributed by atoms with Crippen LogP contribution < -0.4 is 9.80 Å². The largest absolute Gasteiger partial charge is 0.463 e. The fraction of sp³-hybridized carbons (Fsp3) is 0.600. The molecule has 0 aromatic heterocycles. The summed E-state index contributed by atoms with van der Waals surface area (Å²) in [5.74, 6) is -1.32. The van der Waals surface area contributed by atoms with Gasteiger partial charge in [0, 0.05) is 37.6 Å². The monoisotopic (exact) mass is 612 g/mol. The van der Waals surface area contributed by atoms with Crippen molar-refractivity contribution in [2.75, 3.05) is 55.8 Å². The highest BCUT2D eigenvalue weighted by molar-refractivity contribution is 5.85. The second-order valence-electron chi connectivity index (χ2n) is 11.4. The number of Topliss-reactive ketones (excluding diaryl/α,β-unsaturated/α-hetero) is 1. The molecule has 0 spiro atoms. The van der Waals surface area contributed by atoms with Crippen LogP contribution in [0.3, 0.4) is 0 Å². The Labute approximate surface area is 263 Å². The van der Waals surface area contributed by atoms with Gasteiger partial charge in [0.2, 0.25) is 6.29 Å². The summed E-state index contributed by atoms with van der Waals surface area (Å²) >= 11 is 0. The summed E-state index contributed by atoms with van der Waals surface area (Å²) in [7, 11) is 0. The van der Waals surface area contributed by atoms with Crippen LogP contribution in [0.25, 0.3) is 0 Å². The molecule has 1 fully saturated rings. The van der Waals surface area contributed by atoms with E-state index in [-0.39, 0.29) is 42.6 Å². The maximum absolute atomic E-state index is 14.2. The number of carbonyl (C=O) groups is 2. The molecule has 1 heterocycles. The molecule has 0 amide bonds. The van der Waals surface area contributed by atoms with Gasteiger partial charge in [-0.1, -0.05) is 57.4 Å². The number of hydrogen-bond donors (Lipinski definition) is 2. The van der Waals surface area contributed by atoms with E-state index in [4.69, 9.17) is 14.2 Å². The van der Waals surface area contributed by atoms with E-state index in [0.717, 1.165) is 63.2 Å². The summed E-state index contributed by atoms with van der Waals surface area (Å²) in [4.78, 5) is 30.5. The van der Waals surface area contributed by atoms with Gasteiger partial charge in [0.15, 0.2) is 11.4 Å². The molecule has 1 unspecified atom stereocenters. The van der Waals surface area contributed by atoms with Crippen LogP contribution in [0.4, 0.5) is 11.4 Å². The summed E-state index contributed by atoms with van der Waals surface area (Å²) < 4.78 is 17.1. The van der Waals surface area contributed by atoms with Crippen LogP contribution in [0, 0.1) is 5.92 Å². The number of anilines is 2. The predicted octanol–water partition coefficient (Wildman–Crippen LogP) is 5.05. The van der Waals surface area contributed by atoms with E-state index in [9.17, 15) is 19.8 Å². The van der Waals surface area contributed by atoms with Crippen LogP contribution in [0.1, 0.15) is 78.4 Å². The standard InChI is InChI=1S/C35H52N2O7/c1-7-13-14-26(8-2)23-42-32(39)35(41,33-43-24-31(38)25-44-33)34(40,27-15-19-29(20-16-27)36(9-3)10-4)28-17-21-30(22-18-28)37(11-5)12-6/h15-22,26,33,40-41H,7-14,23-25H2,1-6H3/t26?,35-/m0/s1. The molecule has 44 heavy (non-hydrogen) atoms. The second-order valence-corrected chi connectivity index (χ2v) is 11.4. The van der Waals surface area contributed by atoms with E-state index in [1.54, 1.807) is 24.3 Å². The second kappa shape index (κ2) is 16.4. The lowest BCUT2D eigenvalue weighted by molar-refractivity contribution is -0.293. The lowest BCUT2D eigenvalue weighted by Crippen LogP contribution is -2.67. The molecule has 1 aliphatic heterocycles. The Kier molecular flexibility index (Phi) is 13.2. The molecule has 0 saturated carbocycles. The van der Waals surface area contributed by atoms with Gasteiger partial charge in [-0.15, -0.1) is 0 Å². The molecular formula is C35H52N2O7. The van der Waals surface area contributed by atoms with Crippen LogP contribution in [0.2, 0.25) is 0 Å². The fourth-order valence-corrected chi connectivity index (χ4v) is 5.90. The molecule has 9 nitrogen and oxygen atoms in total. The molecule has 0 radical (unpaired) electrons. The summed E-state index contributed by atoms with van der Waals surface area (Å²) in [5.41, 5.74) is -2.76. The zero-order valence-electron chi connectivity index (χ0n) is 27.4. The van der Waals surface area contributed by atoms with E-state index < -0.39 is 23.5 Å². The van der Waals surface area contributed by atoms with Crippen molar-refractivity contribution in [1.29, 1.82) is 0 Å². The van der Waals surface area contributed by atoms with Crippen molar-refractivity contribution in [2.24, 2.45) is 5.92 Å². The van der Waals surface area contributed by atoms with Crippen LogP contribution in [-0.4, -0.2) is 79.9 Å². The predicted molar refractivity (Wildman–Crippen MR) is 173 cm³/mol. The SMILES string of the molecule is CCCCC(CC)COC(=O)[C@](O)(C1OCC(=O)CO1)C(O)(c1ccc(N(CC)CC)cc1)c1ccc(N(CC)CC)cc1. The molecule has 244 valence electrons.